The van der Waals surface area contributed by atoms with Crippen LogP contribution in [0.4, 0.5) is 0 Å². The van der Waals surface area contributed by atoms with Crippen molar-refractivity contribution in [1.29, 1.82) is 0 Å². The minimum Gasteiger partial charge on any atom is -0.327 e. The summed E-state index contributed by atoms with van der Waals surface area (Å²) >= 11 is 0. The van der Waals surface area contributed by atoms with Crippen LogP contribution in [0, 0.1) is 34.5 Å². The van der Waals surface area contributed by atoms with Gasteiger partial charge in [0.25, 0.3) is 0 Å². The summed E-state index contributed by atoms with van der Waals surface area (Å²) in [5.74, 6) is 3.82. The molecule has 0 spiro atoms. The lowest BCUT2D eigenvalue weighted by atomic mass is 9.82. The Morgan fingerprint density at radius 1 is 1.06 bits per heavy atom. The second-order valence-electron chi connectivity index (χ2n) is 8.26. The summed E-state index contributed by atoms with van der Waals surface area (Å²) < 4.78 is 0. The molecule has 3 rings (SSSR count). The lowest BCUT2D eigenvalue weighted by Crippen LogP contribution is -2.30. The zero-order valence-electron chi connectivity index (χ0n) is 12.0. The van der Waals surface area contributed by atoms with Gasteiger partial charge in [-0.05, 0) is 60.2 Å². The van der Waals surface area contributed by atoms with E-state index in [1.165, 1.54) is 32.1 Å². The SMILES string of the molecule is CC1(C)C(C(N)CC2CC3CCC2C3)C1(C)C. The average Bonchev–Trinajstić information content (AvgIpc) is 2.66. The summed E-state index contributed by atoms with van der Waals surface area (Å²) in [4.78, 5) is 0. The molecule has 1 nitrogen and oxygen atoms in total. The third kappa shape index (κ3) is 1.61. The second-order valence-corrected chi connectivity index (χ2v) is 8.26. The van der Waals surface area contributed by atoms with Gasteiger partial charge in [-0.3, -0.25) is 0 Å². The van der Waals surface area contributed by atoms with E-state index in [4.69, 9.17) is 5.73 Å². The molecular weight excluding hydrogens is 206 g/mol. The fourth-order valence-corrected chi connectivity index (χ4v) is 5.47. The number of hydrogen-bond acceptors (Lipinski definition) is 1. The van der Waals surface area contributed by atoms with Crippen molar-refractivity contribution in [3.05, 3.63) is 0 Å². The maximum absolute atomic E-state index is 6.54. The summed E-state index contributed by atoms with van der Waals surface area (Å²) in [6, 6.07) is 0.448. The van der Waals surface area contributed by atoms with Gasteiger partial charge in [0.2, 0.25) is 0 Å². The minimum absolute atomic E-state index is 0.448. The van der Waals surface area contributed by atoms with Crippen molar-refractivity contribution in [2.75, 3.05) is 0 Å². The highest BCUT2D eigenvalue weighted by Crippen LogP contribution is 2.70. The quantitative estimate of drug-likeness (QED) is 0.790. The molecule has 3 aliphatic rings. The van der Waals surface area contributed by atoms with Crippen LogP contribution in [0.3, 0.4) is 0 Å². The largest absolute Gasteiger partial charge is 0.327 e. The first-order valence-corrected chi connectivity index (χ1v) is 7.59. The summed E-state index contributed by atoms with van der Waals surface area (Å²) in [6.45, 7) is 9.60. The van der Waals surface area contributed by atoms with Crippen molar-refractivity contribution in [3.63, 3.8) is 0 Å². The second kappa shape index (κ2) is 3.50. The lowest BCUT2D eigenvalue weighted by Gasteiger charge is -2.25. The van der Waals surface area contributed by atoms with Gasteiger partial charge in [-0.2, -0.15) is 0 Å². The zero-order chi connectivity index (χ0) is 12.4. The van der Waals surface area contributed by atoms with Crippen LogP contribution < -0.4 is 5.73 Å². The maximum atomic E-state index is 6.54. The zero-order valence-corrected chi connectivity index (χ0v) is 12.0. The van der Waals surface area contributed by atoms with E-state index in [1.54, 1.807) is 0 Å². The first-order valence-electron chi connectivity index (χ1n) is 7.59. The van der Waals surface area contributed by atoms with Gasteiger partial charge < -0.3 is 5.73 Å². The van der Waals surface area contributed by atoms with E-state index >= 15 is 0 Å². The van der Waals surface area contributed by atoms with Gasteiger partial charge in [-0.25, -0.2) is 0 Å². The molecule has 0 aromatic rings. The van der Waals surface area contributed by atoms with E-state index in [1.807, 2.05) is 0 Å². The molecule has 0 aromatic heterocycles. The number of fused-ring (bicyclic) bond motifs is 2. The van der Waals surface area contributed by atoms with Gasteiger partial charge >= 0.3 is 0 Å². The van der Waals surface area contributed by atoms with Gasteiger partial charge in [0.1, 0.15) is 0 Å². The average molecular weight is 235 g/mol. The van der Waals surface area contributed by atoms with Crippen LogP contribution in [0.15, 0.2) is 0 Å². The van der Waals surface area contributed by atoms with E-state index in [2.05, 4.69) is 27.7 Å². The Morgan fingerprint density at radius 3 is 2.12 bits per heavy atom. The van der Waals surface area contributed by atoms with Crippen molar-refractivity contribution >= 4 is 0 Å². The van der Waals surface area contributed by atoms with E-state index in [-0.39, 0.29) is 0 Å². The monoisotopic (exact) mass is 235 g/mol. The van der Waals surface area contributed by atoms with Crippen LogP contribution in [-0.2, 0) is 0 Å². The molecule has 2 N–H and O–H groups in total. The molecule has 0 aliphatic heterocycles. The Morgan fingerprint density at radius 2 is 1.71 bits per heavy atom. The Hall–Kier alpha value is -0.0400. The smallest absolute Gasteiger partial charge is 0.00805 e. The predicted octanol–water partition coefficient (Wildman–Crippen LogP) is 3.82. The third-order valence-corrected chi connectivity index (χ3v) is 7.02. The minimum atomic E-state index is 0.448. The molecule has 2 bridgehead atoms. The molecule has 98 valence electrons. The molecule has 0 saturated heterocycles. The Kier molecular flexibility index (Phi) is 2.47. The maximum Gasteiger partial charge on any atom is 0.00805 e. The number of hydrogen-bond donors (Lipinski definition) is 1. The fraction of sp³-hybridized carbons (Fsp3) is 1.00. The predicted molar refractivity (Wildman–Crippen MR) is 72.6 cm³/mol. The number of nitrogens with two attached hydrogens (primary N) is 1. The first kappa shape index (κ1) is 12.0. The molecule has 0 radical (unpaired) electrons. The standard InChI is InChI=1S/C16H29N/c1-15(2)14(16(15,3)4)13(17)9-12-8-10-5-6-11(12)7-10/h10-14H,5-9,17H2,1-4H3. The van der Waals surface area contributed by atoms with Crippen molar-refractivity contribution in [2.45, 2.75) is 65.8 Å². The fourth-order valence-electron chi connectivity index (χ4n) is 5.47. The van der Waals surface area contributed by atoms with Gasteiger partial charge in [-0.1, -0.05) is 34.1 Å². The topological polar surface area (TPSA) is 26.0 Å². The van der Waals surface area contributed by atoms with Gasteiger partial charge in [0, 0.05) is 6.04 Å². The van der Waals surface area contributed by atoms with E-state index in [9.17, 15) is 0 Å². The van der Waals surface area contributed by atoms with Gasteiger partial charge in [0.15, 0.2) is 0 Å². The Bertz CT molecular complexity index is 303. The summed E-state index contributed by atoms with van der Waals surface area (Å²) in [5.41, 5.74) is 7.47. The summed E-state index contributed by atoms with van der Waals surface area (Å²) in [5, 5.41) is 0. The lowest BCUT2D eigenvalue weighted by molar-refractivity contribution is 0.274. The Labute approximate surface area is 107 Å². The third-order valence-electron chi connectivity index (χ3n) is 7.02. The highest BCUT2D eigenvalue weighted by Gasteiger charge is 2.66. The molecule has 4 atom stereocenters. The summed E-state index contributed by atoms with van der Waals surface area (Å²) in [6.07, 6.45) is 7.33. The molecule has 0 heterocycles. The normalized spacial score (nSPS) is 43.9. The van der Waals surface area contributed by atoms with Crippen LogP contribution in [0.2, 0.25) is 0 Å². The molecule has 3 saturated carbocycles. The van der Waals surface area contributed by atoms with Crippen molar-refractivity contribution in [3.8, 4) is 0 Å². The van der Waals surface area contributed by atoms with E-state index in [0.29, 0.717) is 16.9 Å². The van der Waals surface area contributed by atoms with Crippen LogP contribution in [0.25, 0.3) is 0 Å². The molecule has 3 fully saturated rings. The molecule has 4 unspecified atom stereocenters. The molecule has 0 aromatic carbocycles. The van der Waals surface area contributed by atoms with Crippen molar-refractivity contribution < 1.29 is 0 Å². The molecular formula is C16H29N. The molecule has 3 aliphatic carbocycles. The highest BCUT2D eigenvalue weighted by molar-refractivity contribution is 5.16. The molecule has 0 amide bonds. The van der Waals surface area contributed by atoms with E-state index < -0.39 is 0 Å². The summed E-state index contributed by atoms with van der Waals surface area (Å²) in [7, 11) is 0. The van der Waals surface area contributed by atoms with Crippen LogP contribution in [0.1, 0.15) is 59.8 Å². The van der Waals surface area contributed by atoms with Crippen LogP contribution >= 0.6 is 0 Å². The molecule has 17 heavy (non-hydrogen) atoms. The van der Waals surface area contributed by atoms with Gasteiger partial charge in [0.05, 0.1) is 0 Å². The van der Waals surface area contributed by atoms with Crippen molar-refractivity contribution in [2.24, 2.45) is 40.2 Å². The Balaban J connectivity index is 1.60. The molecule has 1 heteroatoms. The number of rotatable bonds is 3. The van der Waals surface area contributed by atoms with Gasteiger partial charge in [-0.15, -0.1) is 0 Å². The van der Waals surface area contributed by atoms with Crippen LogP contribution in [0.5, 0.6) is 0 Å². The van der Waals surface area contributed by atoms with Crippen molar-refractivity contribution in [1.82, 2.24) is 0 Å². The highest BCUT2D eigenvalue weighted by atomic mass is 14.8. The van der Waals surface area contributed by atoms with Crippen LogP contribution in [-0.4, -0.2) is 6.04 Å². The first-order chi connectivity index (χ1) is 7.84. The van der Waals surface area contributed by atoms with E-state index in [0.717, 1.165) is 23.7 Å².